The van der Waals surface area contributed by atoms with Gasteiger partial charge in [0.05, 0.1) is 12.3 Å². The number of carbonyl (C=O) groups excluding carboxylic acids is 1. The zero-order chi connectivity index (χ0) is 14.9. The molecule has 0 spiro atoms. The third kappa shape index (κ3) is 2.66. The normalized spacial score (nSPS) is 11.6. The van der Waals surface area contributed by atoms with Crippen LogP contribution in [0, 0.1) is 0 Å². The van der Waals surface area contributed by atoms with Crippen LogP contribution < -0.4 is 0 Å². The Bertz CT molecular complexity index is 629. The maximum absolute atomic E-state index is 11.9. The van der Waals surface area contributed by atoms with Crippen LogP contribution in [0.2, 0.25) is 0 Å². The van der Waals surface area contributed by atoms with Crippen molar-refractivity contribution in [2.75, 3.05) is 6.61 Å². The molecule has 0 fully saturated rings. The van der Waals surface area contributed by atoms with E-state index in [4.69, 9.17) is 4.74 Å². The lowest BCUT2D eigenvalue weighted by molar-refractivity contribution is 0.0519. The Morgan fingerprint density at radius 3 is 2.50 bits per heavy atom. The molecule has 0 aliphatic heterocycles. The highest BCUT2D eigenvalue weighted by Gasteiger charge is 2.17. The van der Waals surface area contributed by atoms with Crippen LogP contribution in [0.15, 0.2) is 12.1 Å². The highest BCUT2D eigenvalue weighted by atomic mass is 16.5. The second-order valence-corrected chi connectivity index (χ2v) is 5.44. The van der Waals surface area contributed by atoms with Gasteiger partial charge in [0.2, 0.25) is 0 Å². The SMILES string of the molecule is CCOC(=O)c1cc(C(C)C)n2nc(C(C)C)cc2n1. The van der Waals surface area contributed by atoms with Crippen molar-refractivity contribution in [1.82, 2.24) is 14.6 Å². The molecule has 2 rings (SSSR count). The van der Waals surface area contributed by atoms with Gasteiger partial charge in [0.15, 0.2) is 11.3 Å². The lowest BCUT2D eigenvalue weighted by atomic mass is 10.1. The van der Waals surface area contributed by atoms with Gasteiger partial charge < -0.3 is 4.74 Å². The summed E-state index contributed by atoms with van der Waals surface area (Å²) in [5, 5.41) is 4.58. The van der Waals surface area contributed by atoms with E-state index in [1.54, 1.807) is 13.0 Å². The largest absolute Gasteiger partial charge is 0.461 e. The van der Waals surface area contributed by atoms with E-state index in [9.17, 15) is 4.79 Å². The fraction of sp³-hybridized carbons (Fsp3) is 0.533. The Kier molecular flexibility index (Phi) is 4.06. The zero-order valence-corrected chi connectivity index (χ0v) is 12.7. The Labute approximate surface area is 119 Å². The molecule has 0 aromatic carbocycles. The molecule has 0 bridgehead atoms. The molecule has 2 heterocycles. The summed E-state index contributed by atoms with van der Waals surface area (Å²) in [5.41, 5.74) is 2.98. The molecule has 108 valence electrons. The number of fused-ring (bicyclic) bond motifs is 1. The van der Waals surface area contributed by atoms with Crippen LogP contribution in [-0.4, -0.2) is 27.2 Å². The molecule has 0 saturated carbocycles. The third-order valence-electron chi connectivity index (χ3n) is 3.14. The van der Waals surface area contributed by atoms with Gasteiger partial charge in [0, 0.05) is 11.8 Å². The van der Waals surface area contributed by atoms with Gasteiger partial charge in [-0.05, 0) is 24.8 Å². The average molecular weight is 275 g/mol. The molecule has 0 saturated heterocycles. The highest BCUT2D eigenvalue weighted by Crippen LogP contribution is 2.21. The first-order chi connectivity index (χ1) is 9.43. The van der Waals surface area contributed by atoms with Gasteiger partial charge in [-0.3, -0.25) is 0 Å². The molecule has 20 heavy (non-hydrogen) atoms. The number of hydrogen-bond donors (Lipinski definition) is 0. The topological polar surface area (TPSA) is 56.5 Å². The molecule has 2 aromatic heterocycles. The monoisotopic (exact) mass is 275 g/mol. The number of esters is 1. The molecule has 0 amide bonds. The van der Waals surface area contributed by atoms with Crippen molar-refractivity contribution < 1.29 is 9.53 Å². The van der Waals surface area contributed by atoms with Gasteiger partial charge in [0.1, 0.15) is 0 Å². The lowest BCUT2D eigenvalue weighted by Crippen LogP contribution is -2.11. The van der Waals surface area contributed by atoms with E-state index in [0.29, 0.717) is 23.9 Å². The second-order valence-electron chi connectivity index (χ2n) is 5.44. The number of hydrogen-bond acceptors (Lipinski definition) is 4. The highest BCUT2D eigenvalue weighted by molar-refractivity contribution is 5.88. The summed E-state index contributed by atoms with van der Waals surface area (Å²) in [6, 6.07) is 3.70. The predicted octanol–water partition coefficient (Wildman–Crippen LogP) is 3.15. The molecule has 0 radical (unpaired) electrons. The maximum Gasteiger partial charge on any atom is 0.357 e. The van der Waals surface area contributed by atoms with Crippen molar-refractivity contribution in [3.63, 3.8) is 0 Å². The first kappa shape index (κ1) is 14.5. The van der Waals surface area contributed by atoms with E-state index < -0.39 is 0 Å². The first-order valence-corrected chi connectivity index (χ1v) is 7.01. The summed E-state index contributed by atoms with van der Waals surface area (Å²) in [4.78, 5) is 16.3. The minimum absolute atomic E-state index is 0.244. The molecule has 2 aromatic rings. The van der Waals surface area contributed by atoms with Gasteiger partial charge in [-0.2, -0.15) is 5.10 Å². The second kappa shape index (κ2) is 5.61. The summed E-state index contributed by atoms with van der Waals surface area (Å²) in [5.74, 6) is 0.181. The molecule has 0 aliphatic rings. The summed E-state index contributed by atoms with van der Waals surface area (Å²) in [6.07, 6.45) is 0. The molecule has 0 unspecified atom stereocenters. The van der Waals surface area contributed by atoms with Crippen LogP contribution in [0.25, 0.3) is 5.65 Å². The standard InChI is InChI=1S/C15H21N3O2/c1-6-20-15(19)12-7-13(10(4)5)18-14(16-12)8-11(17-18)9(2)3/h7-10H,6H2,1-5H3. The van der Waals surface area contributed by atoms with Crippen molar-refractivity contribution in [3.05, 3.63) is 29.2 Å². The lowest BCUT2D eigenvalue weighted by Gasteiger charge is -2.10. The summed E-state index contributed by atoms with van der Waals surface area (Å²) >= 11 is 0. The Balaban J connectivity index is 2.61. The minimum Gasteiger partial charge on any atom is -0.461 e. The Morgan fingerprint density at radius 2 is 1.95 bits per heavy atom. The van der Waals surface area contributed by atoms with Crippen LogP contribution in [0.4, 0.5) is 0 Å². The summed E-state index contributed by atoms with van der Waals surface area (Å²) in [7, 11) is 0. The number of aromatic nitrogens is 3. The van der Waals surface area contributed by atoms with Crippen molar-refractivity contribution in [1.29, 1.82) is 0 Å². The third-order valence-corrected chi connectivity index (χ3v) is 3.14. The quantitative estimate of drug-likeness (QED) is 0.804. The first-order valence-electron chi connectivity index (χ1n) is 7.01. The Hall–Kier alpha value is -1.91. The van der Waals surface area contributed by atoms with Crippen molar-refractivity contribution >= 4 is 11.6 Å². The predicted molar refractivity (Wildman–Crippen MR) is 77.1 cm³/mol. The van der Waals surface area contributed by atoms with E-state index >= 15 is 0 Å². The molecular weight excluding hydrogens is 254 g/mol. The summed E-state index contributed by atoms with van der Waals surface area (Å²) in [6.45, 7) is 10.4. The minimum atomic E-state index is -0.385. The molecule has 0 aliphatic carbocycles. The van der Waals surface area contributed by atoms with Crippen molar-refractivity contribution in [2.24, 2.45) is 0 Å². The summed E-state index contributed by atoms with van der Waals surface area (Å²) < 4.78 is 6.86. The van der Waals surface area contributed by atoms with E-state index in [1.165, 1.54) is 0 Å². The van der Waals surface area contributed by atoms with Crippen LogP contribution in [-0.2, 0) is 4.74 Å². The number of rotatable bonds is 4. The average Bonchev–Trinajstić information content (AvgIpc) is 2.81. The smallest absolute Gasteiger partial charge is 0.357 e. The van der Waals surface area contributed by atoms with Crippen LogP contribution in [0.1, 0.15) is 68.3 Å². The maximum atomic E-state index is 11.9. The van der Waals surface area contributed by atoms with Crippen molar-refractivity contribution in [3.8, 4) is 0 Å². The van der Waals surface area contributed by atoms with Gasteiger partial charge in [-0.1, -0.05) is 27.7 Å². The van der Waals surface area contributed by atoms with Gasteiger partial charge in [-0.15, -0.1) is 0 Å². The molecule has 5 nitrogen and oxygen atoms in total. The van der Waals surface area contributed by atoms with E-state index in [0.717, 1.165) is 11.4 Å². The van der Waals surface area contributed by atoms with Gasteiger partial charge >= 0.3 is 5.97 Å². The fourth-order valence-electron chi connectivity index (χ4n) is 2.02. The van der Waals surface area contributed by atoms with E-state index in [1.807, 2.05) is 10.6 Å². The number of ether oxygens (including phenoxy) is 1. The van der Waals surface area contributed by atoms with Crippen molar-refractivity contribution in [2.45, 2.75) is 46.5 Å². The zero-order valence-electron chi connectivity index (χ0n) is 12.7. The van der Waals surface area contributed by atoms with E-state index in [-0.39, 0.29) is 11.9 Å². The van der Waals surface area contributed by atoms with Crippen LogP contribution in [0.3, 0.4) is 0 Å². The van der Waals surface area contributed by atoms with Gasteiger partial charge in [-0.25, -0.2) is 14.3 Å². The van der Waals surface area contributed by atoms with Gasteiger partial charge in [0.25, 0.3) is 0 Å². The fourth-order valence-corrected chi connectivity index (χ4v) is 2.02. The van der Waals surface area contributed by atoms with Crippen LogP contribution >= 0.6 is 0 Å². The Morgan fingerprint density at radius 1 is 1.25 bits per heavy atom. The number of nitrogens with zero attached hydrogens (tertiary/aromatic N) is 3. The molecule has 0 atom stereocenters. The van der Waals surface area contributed by atoms with Crippen LogP contribution in [0.5, 0.6) is 0 Å². The molecular formula is C15H21N3O2. The number of carbonyl (C=O) groups is 1. The van der Waals surface area contributed by atoms with E-state index in [2.05, 4.69) is 37.8 Å². The molecule has 5 heteroatoms. The molecule has 0 N–H and O–H groups in total.